The number of rotatable bonds is 6. The minimum Gasteiger partial charge on any atom is -0.507 e. The van der Waals surface area contributed by atoms with Crippen LogP contribution in [0.25, 0.3) is 5.76 Å². The summed E-state index contributed by atoms with van der Waals surface area (Å²) in [5.41, 5.74) is 3.40. The summed E-state index contributed by atoms with van der Waals surface area (Å²) in [6, 6.07) is 18.9. The second kappa shape index (κ2) is 9.43. The zero-order valence-corrected chi connectivity index (χ0v) is 19.7. The Morgan fingerprint density at radius 2 is 1.74 bits per heavy atom. The number of nitrogens with zero attached hydrogens (tertiary/aromatic N) is 1. The summed E-state index contributed by atoms with van der Waals surface area (Å²) in [6.45, 7) is 6.17. The molecular weight excluding hydrogens is 430 g/mol. The Balaban J connectivity index is 1.94. The largest absolute Gasteiger partial charge is 0.507 e. The first-order chi connectivity index (χ1) is 16.4. The van der Waals surface area contributed by atoms with E-state index >= 15 is 0 Å². The number of Topliss-reactive ketones (excluding diaryl/α,β-unsaturated/α-hetero) is 1. The first-order valence-electron chi connectivity index (χ1n) is 11.1. The molecule has 1 unspecified atom stereocenters. The van der Waals surface area contributed by atoms with Gasteiger partial charge < -0.3 is 14.6 Å². The maximum absolute atomic E-state index is 13.3. The quantitative estimate of drug-likeness (QED) is 0.307. The van der Waals surface area contributed by atoms with Crippen LogP contribution in [0.2, 0.25) is 0 Å². The molecule has 0 bridgehead atoms. The molecule has 0 spiro atoms. The highest BCUT2D eigenvalue weighted by molar-refractivity contribution is 6.51. The van der Waals surface area contributed by atoms with Gasteiger partial charge in [-0.2, -0.15) is 0 Å². The van der Waals surface area contributed by atoms with E-state index in [2.05, 4.69) is 0 Å². The molecule has 0 aliphatic carbocycles. The molecule has 1 fully saturated rings. The predicted octanol–water partition coefficient (Wildman–Crippen LogP) is 5.34. The van der Waals surface area contributed by atoms with Gasteiger partial charge in [-0.3, -0.25) is 14.5 Å². The van der Waals surface area contributed by atoms with Crippen LogP contribution in [0.1, 0.15) is 35.2 Å². The molecule has 34 heavy (non-hydrogen) atoms. The second-order valence-electron chi connectivity index (χ2n) is 8.15. The van der Waals surface area contributed by atoms with Gasteiger partial charge in [0.15, 0.2) is 0 Å². The van der Waals surface area contributed by atoms with Crippen molar-refractivity contribution in [1.82, 2.24) is 0 Å². The summed E-state index contributed by atoms with van der Waals surface area (Å²) in [4.78, 5) is 28.1. The zero-order valence-electron chi connectivity index (χ0n) is 19.7. The molecule has 0 radical (unpaired) electrons. The lowest BCUT2D eigenvalue weighted by molar-refractivity contribution is -0.132. The van der Waals surface area contributed by atoms with Crippen LogP contribution in [-0.4, -0.2) is 30.5 Å². The predicted molar refractivity (Wildman–Crippen MR) is 131 cm³/mol. The standard InChI is InChI=1S/C28H27NO5/c1-5-34-23-14-13-20(15-18(23)3)26(30)24-25(19-10-8-11-21(16-19)33-4)29(28(32)27(24)31)22-12-7-6-9-17(22)2/h6-16,25,30H,5H2,1-4H3/b26-24-. The fourth-order valence-electron chi connectivity index (χ4n) is 4.31. The first-order valence-corrected chi connectivity index (χ1v) is 11.1. The smallest absolute Gasteiger partial charge is 0.300 e. The van der Waals surface area contributed by atoms with E-state index in [-0.39, 0.29) is 11.3 Å². The molecule has 0 aromatic heterocycles. The molecule has 1 heterocycles. The van der Waals surface area contributed by atoms with Gasteiger partial charge in [0, 0.05) is 11.3 Å². The second-order valence-corrected chi connectivity index (χ2v) is 8.15. The van der Waals surface area contributed by atoms with Gasteiger partial charge in [0.1, 0.15) is 17.3 Å². The van der Waals surface area contributed by atoms with E-state index in [1.807, 2.05) is 45.0 Å². The number of carbonyl (C=O) groups excluding carboxylic acids is 2. The van der Waals surface area contributed by atoms with Gasteiger partial charge in [-0.05, 0) is 73.9 Å². The zero-order chi connectivity index (χ0) is 24.4. The van der Waals surface area contributed by atoms with E-state index in [0.29, 0.717) is 34.9 Å². The van der Waals surface area contributed by atoms with Crippen molar-refractivity contribution in [2.45, 2.75) is 26.8 Å². The molecule has 174 valence electrons. The van der Waals surface area contributed by atoms with Gasteiger partial charge in [-0.25, -0.2) is 0 Å². The highest BCUT2D eigenvalue weighted by atomic mass is 16.5. The number of methoxy groups -OCH3 is 1. The van der Waals surface area contributed by atoms with Gasteiger partial charge in [-0.15, -0.1) is 0 Å². The number of aliphatic hydroxyl groups is 1. The normalized spacial score (nSPS) is 17.2. The van der Waals surface area contributed by atoms with Gasteiger partial charge >= 0.3 is 0 Å². The number of anilines is 1. The lowest BCUT2D eigenvalue weighted by atomic mass is 9.94. The summed E-state index contributed by atoms with van der Waals surface area (Å²) < 4.78 is 11.0. The monoisotopic (exact) mass is 457 g/mol. The SMILES string of the molecule is CCOc1ccc(/C(O)=C2/C(=O)C(=O)N(c3ccccc3C)C2c2cccc(OC)c2)cc1C. The number of benzene rings is 3. The first kappa shape index (κ1) is 23.1. The Morgan fingerprint density at radius 3 is 2.41 bits per heavy atom. The molecule has 1 amide bonds. The van der Waals surface area contributed by atoms with Crippen molar-refractivity contribution in [3.05, 3.63) is 94.6 Å². The van der Waals surface area contributed by atoms with Gasteiger partial charge in [0.2, 0.25) is 0 Å². The Kier molecular flexibility index (Phi) is 6.41. The maximum Gasteiger partial charge on any atom is 0.300 e. The van der Waals surface area contributed by atoms with E-state index in [9.17, 15) is 14.7 Å². The maximum atomic E-state index is 13.3. The third-order valence-electron chi connectivity index (χ3n) is 5.98. The molecule has 1 aliphatic heterocycles. The molecule has 1 atom stereocenters. The van der Waals surface area contributed by atoms with E-state index in [4.69, 9.17) is 9.47 Å². The molecule has 3 aromatic carbocycles. The van der Waals surface area contributed by atoms with Gasteiger partial charge in [0.05, 0.1) is 25.3 Å². The number of carbonyl (C=O) groups is 2. The lowest BCUT2D eigenvalue weighted by Gasteiger charge is -2.27. The molecule has 0 saturated carbocycles. The average molecular weight is 458 g/mol. The molecule has 6 heteroatoms. The molecule has 4 rings (SSSR count). The molecule has 1 aliphatic rings. The fourth-order valence-corrected chi connectivity index (χ4v) is 4.31. The topological polar surface area (TPSA) is 76.1 Å². The van der Waals surface area contributed by atoms with Crippen LogP contribution in [0, 0.1) is 13.8 Å². The summed E-state index contributed by atoms with van der Waals surface area (Å²) in [5.74, 6) is -0.367. The lowest BCUT2D eigenvalue weighted by Crippen LogP contribution is -2.30. The van der Waals surface area contributed by atoms with E-state index in [0.717, 1.165) is 11.1 Å². The number of hydrogen-bond donors (Lipinski definition) is 1. The van der Waals surface area contributed by atoms with Crippen molar-refractivity contribution < 1.29 is 24.2 Å². The fraction of sp³-hybridized carbons (Fsp3) is 0.214. The number of amides is 1. The number of hydrogen-bond acceptors (Lipinski definition) is 5. The number of aryl methyl sites for hydroxylation is 2. The summed E-state index contributed by atoms with van der Waals surface area (Å²) in [6.07, 6.45) is 0. The average Bonchev–Trinajstić information content (AvgIpc) is 3.10. The molecule has 6 nitrogen and oxygen atoms in total. The van der Waals surface area contributed by atoms with Crippen LogP contribution in [0.4, 0.5) is 5.69 Å². The van der Waals surface area contributed by atoms with E-state index in [1.165, 1.54) is 4.90 Å². The summed E-state index contributed by atoms with van der Waals surface area (Å²) in [5, 5.41) is 11.4. The van der Waals surface area contributed by atoms with Crippen molar-refractivity contribution in [3.8, 4) is 11.5 Å². The van der Waals surface area contributed by atoms with Crippen LogP contribution in [0.5, 0.6) is 11.5 Å². The Bertz CT molecular complexity index is 1290. The Labute approximate surface area is 199 Å². The molecular formula is C28H27NO5. The number of aliphatic hydroxyl groups excluding tert-OH is 1. The van der Waals surface area contributed by atoms with Crippen LogP contribution in [0.15, 0.2) is 72.3 Å². The van der Waals surface area contributed by atoms with Crippen molar-refractivity contribution in [2.24, 2.45) is 0 Å². The van der Waals surface area contributed by atoms with Crippen LogP contribution in [-0.2, 0) is 9.59 Å². The highest BCUT2D eigenvalue weighted by Crippen LogP contribution is 2.43. The van der Waals surface area contributed by atoms with Crippen LogP contribution >= 0.6 is 0 Å². The van der Waals surface area contributed by atoms with Crippen molar-refractivity contribution in [1.29, 1.82) is 0 Å². The summed E-state index contributed by atoms with van der Waals surface area (Å²) >= 11 is 0. The van der Waals surface area contributed by atoms with Crippen LogP contribution < -0.4 is 14.4 Å². The molecule has 3 aromatic rings. The third-order valence-corrected chi connectivity index (χ3v) is 5.98. The van der Waals surface area contributed by atoms with Crippen molar-refractivity contribution in [2.75, 3.05) is 18.6 Å². The van der Waals surface area contributed by atoms with Crippen LogP contribution in [0.3, 0.4) is 0 Å². The Morgan fingerprint density at radius 1 is 0.971 bits per heavy atom. The van der Waals surface area contributed by atoms with E-state index < -0.39 is 17.7 Å². The Hall–Kier alpha value is -4.06. The van der Waals surface area contributed by atoms with Gasteiger partial charge in [0.25, 0.3) is 11.7 Å². The van der Waals surface area contributed by atoms with E-state index in [1.54, 1.807) is 49.6 Å². The van der Waals surface area contributed by atoms with Gasteiger partial charge in [-0.1, -0.05) is 30.3 Å². The highest BCUT2D eigenvalue weighted by Gasteiger charge is 2.47. The minimum atomic E-state index is -0.817. The number of ketones is 1. The molecule has 1 saturated heterocycles. The third kappa shape index (κ3) is 4.03. The van der Waals surface area contributed by atoms with Crippen molar-refractivity contribution >= 4 is 23.1 Å². The van der Waals surface area contributed by atoms with Crippen molar-refractivity contribution in [3.63, 3.8) is 0 Å². The molecule has 1 N–H and O–H groups in total. The number of para-hydroxylation sites is 1. The minimum absolute atomic E-state index is 0.0325. The summed E-state index contributed by atoms with van der Waals surface area (Å²) in [7, 11) is 1.56. The number of ether oxygens (including phenoxy) is 2.